The highest BCUT2D eigenvalue weighted by atomic mass is 35.5. The largest absolute Gasteiger partial charge is 0.480 e. The zero-order chi connectivity index (χ0) is 18.5. The van der Waals surface area contributed by atoms with Crippen LogP contribution in [-0.2, 0) is 17.8 Å². The van der Waals surface area contributed by atoms with Crippen molar-refractivity contribution in [1.29, 1.82) is 0 Å². The molecule has 2 amide bonds. The number of hydrogen-bond acceptors (Lipinski definition) is 2. The number of aromatic nitrogens is 1. The first-order valence-corrected chi connectivity index (χ1v) is 8.48. The number of nitrogens with one attached hydrogen (secondary N) is 3. The number of carbonyl (C=O) groups excluding carboxylic acids is 1. The second-order valence-electron chi connectivity index (χ2n) is 5.87. The van der Waals surface area contributed by atoms with E-state index in [1.807, 2.05) is 30.3 Å². The highest BCUT2D eigenvalue weighted by Gasteiger charge is 2.21. The number of rotatable bonds is 6. The molecule has 2 aromatic carbocycles. The average Bonchev–Trinajstić information content (AvgIpc) is 3.03. The number of carboxylic acid groups (broad SMARTS) is 1. The van der Waals surface area contributed by atoms with Crippen LogP contribution in [0.2, 0.25) is 5.02 Å². The summed E-state index contributed by atoms with van der Waals surface area (Å²) in [5, 5.41) is 16.1. The van der Waals surface area contributed by atoms with Crippen molar-refractivity contribution in [3.05, 3.63) is 70.9 Å². The number of hydrogen-bond donors (Lipinski definition) is 4. The van der Waals surface area contributed by atoms with Gasteiger partial charge in [-0.3, -0.25) is 0 Å². The lowest BCUT2D eigenvalue weighted by Crippen LogP contribution is -2.46. The molecule has 0 spiro atoms. The fourth-order valence-electron chi connectivity index (χ4n) is 2.75. The predicted octanol–water partition coefficient (Wildman–Crippen LogP) is 3.32. The lowest BCUT2D eigenvalue weighted by Gasteiger charge is -2.15. The Bertz CT molecular complexity index is 938. The number of halogens is 1. The van der Waals surface area contributed by atoms with E-state index in [2.05, 4.69) is 15.6 Å². The molecule has 3 aromatic rings. The quantitative estimate of drug-likeness (QED) is 0.535. The third-order valence-electron chi connectivity index (χ3n) is 4.10. The van der Waals surface area contributed by atoms with Crippen molar-refractivity contribution >= 4 is 34.5 Å². The smallest absolute Gasteiger partial charge is 0.326 e. The van der Waals surface area contributed by atoms with Gasteiger partial charge in [0.1, 0.15) is 6.04 Å². The Morgan fingerprint density at radius 2 is 1.81 bits per heavy atom. The van der Waals surface area contributed by atoms with E-state index < -0.39 is 18.0 Å². The number of carbonyl (C=O) groups is 2. The molecule has 6 nitrogen and oxygen atoms in total. The van der Waals surface area contributed by atoms with E-state index in [9.17, 15) is 14.7 Å². The second-order valence-corrected chi connectivity index (χ2v) is 6.28. The molecule has 4 N–H and O–H groups in total. The van der Waals surface area contributed by atoms with Crippen molar-refractivity contribution in [2.75, 3.05) is 0 Å². The lowest BCUT2D eigenvalue weighted by atomic mass is 10.1. The van der Waals surface area contributed by atoms with Crippen molar-refractivity contribution < 1.29 is 14.7 Å². The summed E-state index contributed by atoms with van der Waals surface area (Å²) in [7, 11) is 0. The molecule has 134 valence electrons. The summed E-state index contributed by atoms with van der Waals surface area (Å²) in [5.41, 5.74) is 2.52. The van der Waals surface area contributed by atoms with E-state index in [4.69, 9.17) is 11.6 Å². The maximum Gasteiger partial charge on any atom is 0.326 e. The molecule has 1 aromatic heterocycles. The number of carboxylic acids is 1. The number of aliphatic carboxylic acids is 1. The van der Waals surface area contributed by atoms with Gasteiger partial charge in [0.2, 0.25) is 0 Å². The molecular weight excluding hydrogens is 354 g/mol. The SMILES string of the molecule is O=C(NCc1ccccc1Cl)N[C@@H](Cc1c[nH]c2ccccc12)C(=O)O. The fourth-order valence-corrected chi connectivity index (χ4v) is 2.95. The molecule has 26 heavy (non-hydrogen) atoms. The Morgan fingerprint density at radius 3 is 2.58 bits per heavy atom. The number of H-pyrrole nitrogens is 1. The Kier molecular flexibility index (Phi) is 5.43. The van der Waals surface area contributed by atoms with Crippen LogP contribution in [0, 0.1) is 0 Å². The van der Waals surface area contributed by atoms with Gasteiger partial charge in [-0.1, -0.05) is 48.0 Å². The van der Waals surface area contributed by atoms with Crippen LogP contribution < -0.4 is 10.6 Å². The molecular formula is C19H18ClN3O3. The van der Waals surface area contributed by atoms with Crippen LogP contribution in [0.3, 0.4) is 0 Å². The van der Waals surface area contributed by atoms with Gasteiger partial charge in [0.15, 0.2) is 0 Å². The molecule has 0 aliphatic heterocycles. The first-order valence-electron chi connectivity index (χ1n) is 8.10. The van der Waals surface area contributed by atoms with E-state index in [1.165, 1.54) is 0 Å². The monoisotopic (exact) mass is 371 g/mol. The van der Waals surface area contributed by atoms with E-state index in [0.717, 1.165) is 22.0 Å². The van der Waals surface area contributed by atoms with Crippen molar-refractivity contribution in [3.63, 3.8) is 0 Å². The van der Waals surface area contributed by atoms with Crippen LogP contribution in [0.4, 0.5) is 4.79 Å². The summed E-state index contributed by atoms with van der Waals surface area (Å²) in [6.07, 6.45) is 1.95. The first kappa shape index (κ1) is 17.8. The van der Waals surface area contributed by atoms with E-state index in [1.54, 1.807) is 24.4 Å². The maximum atomic E-state index is 12.1. The number of amides is 2. The number of benzene rings is 2. The van der Waals surface area contributed by atoms with Gasteiger partial charge in [-0.15, -0.1) is 0 Å². The number of urea groups is 1. The van der Waals surface area contributed by atoms with Gasteiger partial charge < -0.3 is 20.7 Å². The minimum atomic E-state index is -1.09. The Hall–Kier alpha value is -2.99. The second kappa shape index (κ2) is 7.93. The first-order chi connectivity index (χ1) is 12.5. The van der Waals surface area contributed by atoms with Gasteiger partial charge in [0, 0.05) is 35.1 Å². The van der Waals surface area contributed by atoms with Gasteiger partial charge in [0.25, 0.3) is 0 Å². The third-order valence-corrected chi connectivity index (χ3v) is 4.47. The summed E-state index contributed by atoms with van der Waals surface area (Å²) in [4.78, 5) is 26.8. The molecule has 0 fully saturated rings. The van der Waals surface area contributed by atoms with Crippen molar-refractivity contribution in [2.24, 2.45) is 0 Å². The van der Waals surface area contributed by atoms with Gasteiger partial charge >= 0.3 is 12.0 Å². The van der Waals surface area contributed by atoms with Gasteiger partial charge in [-0.2, -0.15) is 0 Å². The number of aromatic amines is 1. The van der Waals surface area contributed by atoms with Crippen molar-refractivity contribution in [3.8, 4) is 0 Å². The molecule has 1 heterocycles. The molecule has 1 atom stereocenters. The molecule has 0 aliphatic carbocycles. The average molecular weight is 372 g/mol. The zero-order valence-corrected chi connectivity index (χ0v) is 14.6. The normalized spacial score (nSPS) is 11.9. The van der Waals surface area contributed by atoms with Crippen LogP contribution in [-0.4, -0.2) is 28.1 Å². The molecule has 0 unspecified atom stereocenters. The van der Waals surface area contributed by atoms with E-state index in [0.29, 0.717) is 5.02 Å². The number of para-hydroxylation sites is 1. The van der Waals surface area contributed by atoms with Gasteiger partial charge in [-0.25, -0.2) is 9.59 Å². The lowest BCUT2D eigenvalue weighted by molar-refractivity contribution is -0.139. The third kappa shape index (κ3) is 4.15. The Labute approximate surface area is 155 Å². The van der Waals surface area contributed by atoms with Crippen LogP contribution in [0.25, 0.3) is 10.9 Å². The highest BCUT2D eigenvalue weighted by Crippen LogP contribution is 2.19. The number of fused-ring (bicyclic) bond motifs is 1. The summed E-state index contributed by atoms with van der Waals surface area (Å²) >= 11 is 6.04. The van der Waals surface area contributed by atoms with Crippen LogP contribution in [0.15, 0.2) is 54.7 Å². The van der Waals surface area contributed by atoms with Crippen LogP contribution in [0.5, 0.6) is 0 Å². The molecule has 0 aliphatic rings. The van der Waals surface area contributed by atoms with Gasteiger partial charge in [-0.05, 0) is 23.3 Å². The molecule has 3 rings (SSSR count). The summed E-state index contributed by atoms with van der Waals surface area (Å²) in [6.45, 7) is 0.213. The molecule has 7 heteroatoms. The molecule has 0 radical (unpaired) electrons. The van der Waals surface area contributed by atoms with Crippen molar-refractivity contribution in [2.45, 2.75) is 19.0 Å². The maximum absolute atomic E-state index is 12.1. The standard InChI is InChI=1S/C19H18ClN3O3/c20-15-7-3-1-5-12(15)10-22-19(26)23-17(18(24)25)9-13-11-21-16-8-4-2-6-14(13)16/h1-8,11,17,21H,9-10H2,(H,24,25)(H2,22,23,26)/t17-/m0/s1. The zero-order valence-electron chi connectivity index (χ0n) is 13.8. The van der Waals surface area contributed by atoms with Crippen molar-refractivity contribution in [1.82, 2.24) is 15.6 Å². The summed E-state index contributed by atoms with van der Waals surface area (Å²) in [5.74, 6) is -1.09. The van der Waals surface area contributed by atoms with E-state index >= 15 is 0 Å². The van der Waals surface area contributed by atoms with Gasteiger partial charge in [0.05, 0.1) is 0 Å². The molecule has 0 saturated carbocycles. The fraction of sp³-hybridized carbons (Fsp3) is 0.158. The van der Waals surface area contributed by atoms with Crippen LogP contribution in [0.1, 0.15) is 11.1 Å². The van der Waals surface area contributed by atoms with Crippen LogP contribution >= 0.6 is 11.6 Å². The topological polar surface area (TPSA) is 94.2 Å². The molecule has 0 saturated heterocycles. The minimum absolute atomic E-state index is 0.179. The highest BCUT2D eigenvalue weighted by molar-refractivity contribution is 6.31. The predicted molar refractivity (Wildman–Crippen MR) is 100 cm³/mol. The molecule has 0 bridgehead atoms. The van der Waals surface area contributed by atoms with E-state index in [-0.39, 0.29) is 13.0 Å². The minimum Gasteiger partial charge on any atom is -0.480 e. The Balaban J connectivity index is 1.64. The Morgan fingerprint density at radius 1 is 1.08 bits per heavy atom. The summed E-state index contributed by atoms with van der Waals surface area (Å²) in [6, 6.07) is 13.2. The summed E-state index contributed by atoms with van der Waals surface area (Å²) < 4.78 is 0.